The number of carbonyl (C=O) groups is 1. The number of nitrogens with one attached hydrogen (secondary N) is 2. The molecule has 252 valence electrons. The fourth-order valence-corrected chi connectivity index (χ4v) is 7.77. The Bertz CT molecular complexity index is 1330. The van der Waals surface area contributed by atoms with Crippen LogP contribution in [0.5, 0.6) is 0 Å². The smallest absolute Gasteiger partial charge is 0.337 e. The van der Waals surface area contributed by atoms with Crippen LogP contribution in [0.3, 0.4) is 0 Å². The minimum absolute atomic E-state index is 0.0702. The molecule has 0 spiro atoms. The molecule has 3 rings (SSSR count). The van der Waals surface area contributed by atoms with Crippen molar-refractivity contribution >= 4 is 21.1 Å². The van der Waals surface area contributed by atoms with E-state index < -0.39 is 107 Å². The molecule has 22 heteroatoms. The van der Waals surface area contributed by atoms with E-state index in [-0.39, 0.29) is 13.2 Å². The molecule has 0 radical (unpaired) electrons. The lowest BCUT2D eigenvalue weighted by atomic mass is 9.97. The SMILES string of the molecule is COCCOCC(=O)NC1[C@@H](OP(C)(=O)OP(C)(=O)OCC2OC(n3ccc(=O)[nH]c3=O)[C@H](O)[C@@H]2O)OC(CO)[C@H](O)[C@@H]1O. The molecule has 11 atom stereocenters. The Balaban J connectivity index is 1.64. The summed E-state index contributed by atoms with van der Waals surface area (Å²) in [6.07, 6.45) is -11.8. The van der Waals surface area contributed by atoms with E-state index >= 15 is 0 Å². The number of aromatic amines is 1. The normalized spacial score (nSPS) is 33.4. The number of rotatable bonds is 15. The van der Waals surface area contributed by atoms with E-state index in [1.54, 1.807) is 0 Å². The number of H-pyrrole nitrogens is 1. The number of aromatic nitrogens is 2. The van der Waals surface area contributed by atoms with E-state index in [9.17, 15) is 49.0 Å². The zero-order valence-corrected chi connectivity index (χ0v) is 25.7. The molecule has 0 bridgehead atoms. The van der Waals surface area contributed by atoms with Crippen LogP contribution < -0.4 is 16.6 Å². The summed E-state index contributed by atoms with van der Waals surface area (Å²) in [5.74, 6) is -0.784. The van der Waals surface area contributed by atoms with Gasteiger partial charge in [-0.1, -0.05) is 0 Å². The van der Waals surface area contributed by atoms with E-state index in [1.807, 2.05) is 4.98 Å². The standard InChI is InChI=1S/C22H37N3O17P2/c1-36-6-7-37-10-14(28)23-15-18(31)16(29)11(8-26)40-21(15)41-44(3,35)42-43(2,34)38-9-12-17(30)19(32)20(39-12)25-5-4-13(27)24-22(25)33/h4-5,11-12,15-21,26,29-32H,6-10H2,1-3H3,(H,23,28)(H,24,27,33)/t11?,12?,15?,16-,17+,18+,19+,20?,21+,43?,44?/m0/s1. The van der Waals surface area contributed by atoms with Crippen LogP contribution in [0.15, 0.2) is 21.9 Å². The zero-order valence-electron chi connectivity index (χ0n) is 23.9. The predicted molar refractivity (Wildman–Crippen MR) is 145 cm³/mol. The third kappa shape index (κ3) is 9.57. The van der Waals surface area contributed by atoms with Gasteiger partial charge in [-0.2, -0.15) is 0 Å². The third-order valence-electron chi connectivity index (χ3n) is 6.40. The summed E-state index contributed by atoms with van der Waals surface area (Å²) in [5.41, 5.74) is -1.63. The van der Waals surface area contributed by atoms with Crippen molar-refractivity contribution < 1.29 is 71.8 Å². The molecule has 0 aliphatic carbocycles. The van der Waals surface area contributed by atoms with Crippen molar-refractivity contribution in [2.45, 2.75) is 55.2 Å². The number of ether oxygens (including phenoxy) is 4. The lowest BCUT2D eigenvalue weighted by Crippen LogP contribution is -2.64. The average molecular weight is 677 g/mol. The maximum Gasteiger partial charge on any atom is 0.337 e. The first-order chi connectivity index (χ1) is 20.6. The molecule has 7 N–H and O–H groups in total. The van der Waals surface area contributed by atoms with Gasteiger partial charge < -0.3 is 54.3 Å². The highest BCUT2D eigenvalue weighted by Crippen LogP contribution is 2.62. The van der Waals surface area contributed by atoms with Gasteiger partial charge in [-0.15, -0.1) is 0 Å². The van der Waals surface area contributed by atoms with Gasteiger partial charge >= 0.3 is 20.9 Å². The van der Waals surface area contributed by atoms with E-state index in [2.05, 4.69) is 5.32 Å². The second kappa shape index (κ2) is 15.6. The van der Waals surface area contributed by atoms with Gasteiger partial charge in [-0.05, 0) is 0 Å². The highest BCUT2D eigenvalue weighted by molar-refractivity contribution is 7.66. The lowest BCUT2D eigenvalue weighted by Gasteiger charge is -2.42. The second-order valence-electron chi connectivity index (χ2n) is 9.93. The third-order valence-corrected chi connectivity index (χ3v) is 9.98. The summed E-state index contributed by atoms with van der Waals surface area (Å²) in [6.45, 7) is 0.0611. The second-order valence-corrected chi connectivity index (χ2v) is 14.1. The van der Waals surface area contributed by atoms with E-state index in [1.165, 1.54) is 7.11 Å². The monoisotopic (exact) mass is 677 g/mol. The Hall–Kier alpha value is -1.87. The minimum atomic E-state index is -4.46. The Morgan fingerprint density at radius 1 is 1.02 bits per heavy atom. The molecule has 3 heterocycles. The van der Waals surface area contributed by atoms with Gasteiger partial charge in [0.25, 0.3) is 5.56 Å². The number of methoxy groups -OCH3 is 1. The number of hydrogen-bond acceptors (Lipinski definition) is 17. The number of hydrogen-bond donors (Lipinski definition) is 7. The number of aliphatic hydroxyl groups is 5. The van der Waals surface area contributed by atoms with Crippen molar-refractivity contribution in [3.63, 3.8) is 0 Å². The van der Waals surface area contributed by atoms with Gasteiger partial charge in [-0.25, -0.2) is 9.11 Å². The van der Waals surface area contributed by atoms with Crippen LogP contribution in [0.1, 0.15) is 6.23 Å². The first kappa shape index (κ1) is 36.6. The number of amides is 1. The summed E-state index contributed by atoms with van der Waals surface area (Å²) in [7, 11) is -7.35. The van der Waals surface area contributed by atoms with Crippen molar-refractivity contribution in [3.05, 3.63) is 33.1 Å². The van der Waals surface area contributed by atoms with E-state index in [0.29, 0.717) is 0 Å². The van der Waals surface area contributed by atoms with E-state index in [4.69, 9.17) is 32.3 Å². The molecule has 1 aromatic rings. The molecular formula is C22H37N3O17P2. The molecular weight excluding hydrogens is 640 g/mol. The maximum atomic E-state index is 13.2. The van der Waals surface area contributed by atoms with Gasteiger partial charge in [0, 0.05) is 32.7 Å². The molecule has 1 amide bonds. The summed E-state index contributed by atoms with van der Waals surface area (Å²) in [6, 6.07) is -0.566. The number of aliphatic hydroxyl groups excluding tert-OH is 5. The van der Waals surface area contributed by atoms with Crippen molar-refractivity contribution in [2.24, 2.45) is 0 Å². The van der Waals surface area contributed by atoms with Gasteiger partial charge in [0.05, 0.1) is 26.4 Å². The topological polar surface area (TPSA) is 284 Å². The summed E-state index contributed by atoms with van der Waals surface area (Å²) in [4.78, 5) is 37.7. The predicted octanol–water partition coefficient (Wildman–Crippen LogP) is -3.56. The molecule has 20 nitrogen and oxygen atoms in total. The summed E-state index contributed by atoms with van der Waals surface area (Å²) in [5, 5.41) is 53.4. The quantitative estimate of drug-likeness (QED) is 0.0698. The Labute approximate surface area is 249 Å². The Morgan fingerprint density at radius 3 is 2.34 bits per heavy atom. The highest BCUT2D eigenvalue weighted by Gasteiger charge is 2.49. The van der Waals surface area contributed by atoms with Crippen molar-refractivity contribution in [1.82, 2.24) is 14.9 Å². The molecule has 2 aliphatic rings. The Kier molecular flexibility index (Phi) is 13.0. The van der Waals surface area contributed by atoms with Crippen molar-refractivity contribution in [1.29, 1.82) is 0 Å². The molecule has 2 aliphatic heterocycles. The molecule has 1 aromatic heterocycles. The van der Waals surface area contributed by atoms with Crippen LogP contribution in [0, 0.1) is 0 Å². The van der Waals surface area contributed by atoms with Crippen LogP contribution in [-0.4, -0.2) is 143 Å². The fraction of sp³-hybridized carbons (Fsp3) is 0.773. The highest BCUT2D eigenvalue weighted by atomic mass is 31.3. The first-order valence-electron chi connectivity index (χ1n) is 13.1. The summed E-state index contributed by atoms with van der Waals surface area (Å²) < 4.78 is 63.5. The Morgan fingerprint density at radius 2 is 1.70 bits per heavy atom. The van der Waals surface area contributed by atoms with Crippen molar-refractivity contribution in [3.8, 4) is 0 Å². The fourth-order valence-electron chi connectivity index (χ4n) is 4.29. The van der Waals surface area contributed by atoms with Crippen LogP contribution in [0.2, 0.25) is 0 Å². The average Bonchev–Trinajstić information content (AvgIpc) is 3.22. The number of carbonyl (C=O) groups excluding carboxylic acids is 1. The van der Waals surface area contributed by atoms with Gasteiger partial charge in [0.2, 0.25) is 5.91 Å². The number of nitrogens with zero attached hydrogens (tertiary/aromatic N) is 1. The molecule has 44 heavy (non-hydrogen) atoms. The molecule has 0 aromatic carbocycles. The molecule has 6 unspecified atom stereocenters. The van der Waals surface area contributed by atoms with Crippen LogP contribution in [0.25, 0.3) is 0 Å². The van der Waals surface area contributed by atoms with Gasteiger partial charge in [0.1, 0.15) is 49.3 Å². The van der Waals surface area contributed by atoms with E-state index in [0.717, 1.165) is 30.2 Å². The lowest BCUT2D eigenvalue weighted by molar-refractivity contribution is -0.245. The summed E-state index contributed by atoms with van der Waals surface area (Å²) >= 11 is 0. The molecule has 2 fully saturated rings. The van der Waals surface area contributed by atoms with Crippen LogP contribution >= 0.6 is 15.2 Å². The van der Waals surface area contributed by atoms with Gasteiger partial charge in [0.15, 0.2) is 12.5 Å². The zero-order chi connectivity index (χ0) is 32.8. The first-order valence-corrected chi connectivity index (χ1v) is 17.1. The maximum absolute atomic E-state index is 13.2. The minimum Gasteiger partial charge on any atom is -0.394 e. The van der Waals surface area contributed by atoms with Crippen molar-refractivity contribution in [2.75, 3.05) is 53.5 Å². The molecule has 2 saturated heterocycles. The molecule has 0 saturated carbocycles. The van der Waals surface area contributed by atoms with Crippen LogP contribution in [-0.2, 0) is 46.2 Å². The van der Waals surface area contributed by atoms with Gasteiger partial charge in [-0.3, -0.25) is 32.8 Å². The largest absolute Gasteiger partial charge is 0.394 e. The van der Waals surface area contributed by atoms with Crippen LogP contribution in [0.4, 0.5) is 0 Å².